The zero-order valence-corrected chi connectivity index (χ0v) is 12.3. The molecule has 3 aliphatic heterocycles. The molecule has 22 heavy (non-hydrogen) atoms. The molecule has 1 amide bonds. The summed E-state index contributed by atoms with van der Waals surface area (Å²) >= 11 is 0. The second-order valence-electron chi connectivity index (χ2n) is 6.74. The molecule has 5 rings (SSSR count). The van der Waals surface area contributed by atoms with E-state index in [1.807, 2.05) is 17.0 Å². The average molecular weight is 299 g/mol. The Balaban J connectivity index is 1.74. The summed E-state index contributed by atoms with van der Waals surface area (Å²) in [5.74, 6) is 2.24. The molecular weight excluding hydrogens is 282 g/mol. The quantitative estimate of drug-likeness (QED) is 0.732. The summed E-state index contributed by atoms with van der Waals surface area (Å²) in [5, 5.41) is 0. The van der Waals surface area contributed by atoms with Gasteiger partial charge < -0.3 is 14.4 Å². The molecule has 0 N–H and O–H groups in total. The summed E-state index contributed by atoms with van der Waals surface area (Å²) in [6.07, 6.45) is 3.26. The van der Waals surface area contributed by atoms with Gasteiger partial charge in [-0.3, -0.25) is 9.59 Å². The first kappa shape index (κ1) is 12.5. The lowest BCUT2D eigenvalue weighted by Gasteiger charge is -2.48. The molecule has 4 aliphatic rings. The number of nitrogens with zero attached hydrogens (tertiary/aromatic N) is 1. The highest BCUT2D eigenvalue weighted by Gasteiger charge is 2.58. The Hall–Kier alpha value is -2.04. The lowest BCUT2D eigenvalue weighted by Crippen LogP contribution is -2.53. The van der Waals surface area contributed by atoms with Crippen LogP contribution >= 0.6 is 0 Å². The van der Waals surface area contributed by atoms with Gasteiger partial charge in [0.05, 0.1) is 5.54 Å². The van der Waals surface area contributed by atoms with E-state index in [9.17, 15) is 9.59 Å². The van der Waals surface area contributed by atoms with Crippen molar-refractivity contribution in [1.29, 1.82) is 0 Å². The number of rotatable bonds is 0. The average Bonchev–Trinajstić information content (AvgIpc) is 3.06. The molecule has 5 nitrogen and oxygen atoms in total. The number of carbonyl (C=O) groups excluding carboxylic acids is 2. The third-order valence-electron chi connectivity index (χ3n) is 5.79. The Labute approximate surface area is 128 Å². The zero-order chi connectivity index (χ0) is 14.9. The van der Waals surface area contributed by atoms with Crippen molar-refractivity contribution in [2.24, 2.45) is 5.92 Å². The topological polar surface area (TPSA) is 55.8 Å². The fourth-order valence-electron chi connectivity index (χ4n) is 4.85. The van der Waals surface area contributed by atoms with Gasteiger partial charge in [0.15, 0.2) is 11.5 Å². The van der Waals surface area contributed by atoms with Gasteiger partial charge in [-0.2, -0.15) is 0 Å². The summed E-state index contributed by atoms with van der Waals surface area (Å²) in [6.45, 7) is 0.950. The van der Waals surface area contributed by atoms with Crippen molar-refractivity contribution in [3.05, 3.63) is 23.3 Å². The van der Waals surface area contributed by atoms with Crippen molar-refractivity contribution >= 4 is 11.7 Å². The minimum absolute atomic E-state index is 0.197. The van der Waals surface area contributed by atoms with E-state index in [0.29, 0.717) is 25.8 Å². The summed E-state index contributed by atoms with van der Waals surface area (Å²) in [5.41, 5.74) is 1.89. The summed E-state index contributed by atoms with van der Waals surface area (Å²) in [4.78, 5) is 26.7. The predicted octanol–water partition coefficient (Wildman–Crippen LogP) is 1.77. The second kappa shape index (κ2) is 4.03. The first-order valence-corrected chi connectivity index (χ1v) is 7.93. The molecule has 1 saturated heterocycles. The Morgan fingerprint density at radius 3 is 2.82 bits per heavy atom. The third kappa shape index (κ3) is 1.39. The maximum atomic E-state index is 12.5. The minimum Gasteiger partial charge on any atom is -0.454 e. The highest BCUT2D eigenvalue weighted by molar-refractivity contribution is 5.88. The number of ether oxygens (including phenoxy) is 2. The number of ketones is 1. The molecule has 0 unspecified atom stereocenters. The van der Waals surface area contributed by atoms with Gasteiger partial charge in [0.2, 0.25) is 12.7 Å². The van der Waals surface area contributed by atoms with Crippen molar-refractivity contribution in [3.63, 3.8) is 0 Å². The molecule has 3 heterocycles. The number of amides is 1. The van der Waals surface area contributed by atoms with Crippen molar-refractivity contribution in [1.82, 2.24) is 4.90 Å². The smallest absolute Gasteiger partial charge is 0.231 e. The molecular formula is C17H17NO4. The summed E-state index contributed by atoms with van der Waals surface area (Å²) in [7, 11) is 0. The van der Waals surface area contributed by atoms with Crippen LogP contribution in [0.4, 0.5) is 0 Å². The van der Waals surface area contributed by atoms with Crippen LogP contribution in [0.2, 0.25) is 0 Å². The molecule has 2 fully saturated rings. The first-order chi connectivity index (χ1) is 10.7. The zero-order valence-electron chi connectivity index (χ0n) is 12.3. The van der Waals surface area contributed by atoms with Crippen LogP contribution in [0.1, 0.15) is 36.8 Å². The lowest BCUT2D eigenvalue weighted by atomic mass is 9.66. The molecule has 0 radical (unpaired) electrons. The van der Waals surface area contributed by atoms with E-state index in [4.69, 9.17) is 9.47 Å². The van der Waals surface area contributed by atoms with E-state index in [1.54, 1.807) is 0 Å². The Kier molecular flexibility index (Phi) is 2.29. The Bertz CT molecular complexity index is 713. The van der Waals surface area contributed by atoms with Crippen LogP contribution in [0.25, 0.3) is 0 Å². The summed E-state index contributed by atoms with van der Waals surface area (Å²) in [6, 6.07) is 4.07. The van der Waals surface area contributed by atoms with Gasteiger partial charge in [-0.15, -0.1) is 0 Å². The van der Waals surface area contributed by atoms with E-state index in [0.717, 1.165) is 29.9 Å². The van der Waals surface area contributed by atoms with Gasteiger partial charge in [0.1, 0.15) is 5.78 Å². The van der Waals surface area contributed by atoms with Crippen LogP contribution in [-0.4, -0.2) is 29.9 Å². The van der Waals surface area contributed by atoms with Gasteiger partial charge in [0.25, 0.3) is 0 Å². The molecule has 1 aromatic rings. The maximum absolute atomic E-state index is 12.5. The van der Waals surface area contributed by atoms with Gasteiger partial charge in [0, 0.05) is 25.8 Å². The van der Waals surface area contributed by atoms with Crippen molar-refractivity contribution in [3.8, 4) is 11.5 Å². The van der Waals surface area contributed by atoms with E-state index in [2.05, 4.69) is 0 Å². The SMILES string of the molecule is O=C1CC[C@@H]2CC(=O)N3CCc4cc5c(cc4[C@@]23C1)OCO5. The molecule has 2 atom stereocenters. The van der Waals surface area contributed by atoms with Gasteiger partial charge >= 0.3 is 0 Å². The molecule has 1 spiro atoms. The molecule has 0 aromatic heterocycles. The van der Waals surface area contributed by atoms with E-state index in [1.165, 1.54) is 5.56 Å². The lowest BCUT2D eigenvalue weighted by molar-refractivity contribution is -0.135. The minimum atomic E-state index is -0.430. The van der Waals surface area contributed by atoms with Gasteiger partial charge in [-0.1, -0.05) is 0 Å². The Morgan fingerprint density at radius 1 is 1.14 bits per heavy atom. The maximum Gasteiger partial charge on any atom is 0.231 e. The molecule has 1 saturated carbocycles. The van der Waals surface area contributed by atoms with Crippen molar-refractivity contribution < 1.29 is 19.1 Å². The predicted molar refractivity (Wildman–Crippen MR) is 76.6 cm³/mol. The monoisotopic (exact) mass is 299 g/mol. The summed E-state index contributed by atoms with van der Waals surface area (Å²) < 4.78 is 11.0. The van der Waals surface area contributed by atoms with Crippen molar-refractivity contribution in [2.45, 2.75) is 37.6 Å². The normalized spacial score (nSPS) is 31.8. The number of fused-ring (bicyclic) bond motifs is 2. The van der Waals surface area contributed by atoms with Crippen LogP contribution in [0, 0.1) is 5.92 Å². The third-order valence-corrected chi connectivity index (χ3v) is 5.79. The second-order valence-corrected chi connectivity index (χ2v) is 6.74. The fraction of sp³-hybridized carbons (Fsp3) is 0.529. The van der Waals surface area contributed by atoms with E-state index >= 15 is 0 Å². The van der Waals surface area contributed by atoms with Crippen LogP contribution < -0.4 is 9.47 Å². The molecule has 1 aliphatic carbocycles. The van der Waals surface area contributed by atoms with Crippen LogP contribution in [0.3, 0.4) is 0 Å². The Morgan fingerprint density at radius 2 is 1.95 bits per heavy atom. The number of benzene rings is 1. The number of hydrogen-bond acceptors (Lipinski definition) is 4. The van der Waals surface area contributed by atoms with E-state index < -0.39 is 5.54 Å². The van der Waals surface area contributed by atoms with Gasteiger partial charge in [-0.05, 0) is 42.0 Å². The standard InChI is InChI=1S/C17H17NO4/c19-12-2-1-11-6-16(20)18-4-3-10-5-14-15(22-9-21-14)7-13(10)17(11,18)8-12/h5,7,11H,1-4,6,8-9H2/t11-,17-/m1/s1. The van der Waals surface area contributed by atoms with Crippen LogP contribution in [0.5, 0.6) is 11.5 Å². The number of hydrogen-bond donors (Lipinski definition) is 0. The highest BCUT2D eigenvalue weighted by atomic mass is 16.7. The molecule has 1 aromatic carbocycles. The molecule has 5 heteroatoms. The first-order valence-electron chi connectivity index (χ1n) is 7.93. The molecule has 0 bridgehead atoms. The fourth-order valence-corrected chi connectivity index (χ4v) is 4.85. The van der Waals surface area contributed by atoms with Crippen LogP contribution in [0.15, 0.2) is 12.1 Å². The number of Topliss-reactive ketones (excluding diaryl/α,β-unsaturated/α-hetero) is 1. The van der Waals surface area contributed by atoms with Crippen LogP contribution in [-0.2, 0) is 21.5 Å². The number of carbonyl (C=O) groups is 2. The molecule has 114 valence electrons. The largest absolute Gasteiger partial charge is 0.454 e. The highest BCUT2D eigenvalue weighted by Crippen LogP contribution is 2.55. The van der Waals surface area contributed by atoms with E-state index in [-0.39, 0.29) is 24.4 Å². The van der Waals surface area contributed by atoms with Gasteiger partial charge in [-0.25, -0.2) is 0 Å². The van der Waals surface area contributed by atoms with Crippen molar-refractivity contribution in [2.75, 3.05) is 13.3 Å².